The van der Waals surface area contributed by atoms with Crippen LogP contribution in [0.15, 0.2) is 36.9 Å². The standard InChI is InChI=1S/C41H53N5O10S/c1-5-27-21-41(27,39(49)45-57(51,52)29-15-16-29)44-37(47)32-18-28-22-46(32)38(48)36(25-12-8-7-9-13-25)43-40(50)55-23-24(3)11-10-14-26-17-30-31(19-33(26)53-4)42-35(54-6-2)20-34(30)56-28/h5,10,14,17,19-20,24-25,27-29,32,36H,1,6-9,11-13,15-16,18,21-23H2,2-4H3,(H,43,50)(H,44,47)(H,45,49)/t24-,27-,28-,32+,36+,41-/m1/s1. The third-order valence-electron chi connectivity index (χ3n) is 11.8. The average Bonchev–Trinajstić information content (AvgIpc) is 4.12. The van der Waals surface area contributed by atoms with E-state index in [1.807, 2.05) is 32.1 Å². The van der Waals surface area contributed by atoms with Crippen LogP contribution in [0.4, 0.5) is 4.79 Å². The van der Waals surface area contributed by atoms with Crippen molar-refractivity contribution in [3.05, 3.63) is 42.5 Å². The van der Waals surface area contributed by atoms with Gasteiger partial charge in [0.25, 0.3) is 5.91 Å². The van der Waals surface area contributed by atoms with Gasteiger partial charge in [0.1, 0.15) is 35.2 Å². The van der Waals surface area contributed by atoms with Gasteiger partial charge in [-0.3, -0.25) is 19.1 Å². The Bertz CT molecular complexity index is 2050. The van der Waals surface area contributed by atoms with Crippen LogP contribution in [-0.2, 0) is 29.1 Å². The van der Waals surface area contributed by atoms with Gasteiger partial charge in [-0.25, -0.2) is 18.2 Å². The first-order valence-corrected chi connectivity index (χ1v) is 21.6. The average molecular weight is 808 g/mol. The van der Waals surface area contributed by atoms with Crippen LogP contribution in [-0.4, -0.2) is 98.0 Å². The number of pyridine rings is 1. The number of allylic oxidation sites excluding steroid dienone is 1. The molecular formula is C41H53N5O10S. The summed E-state index contributed by atoms with van der Waals surface area (Å²) >= 11 is 0. The van der Waals surface area contributed by atoms with E-state index in [4.69, 9.17) is 23.9 Å². The van der Waals surface area contributed by atoms with Gasteiger partial charge in [-0.05, 0) is 63.4 Å². The summed E-state index contributed by atoms with van der Waals surface area (Å²) in [5, 5.41) is 5.73. The molecule has 1 aromatic heterocycles. The van der Waals surface area contributed by atoms with Crippen LogP contribution in [0.3, 0.4) is 0 Å². The van der Waals surface area contributed by atoms with Gasteiger partial charge in [0.2, 0.25) is 27.7 Å². The lowest BCUT2D eigenvalue weighted by molar-refractivity contribution is -0.142. The molecule has 2 aromatic rings. The molecule has 57 heavy (non-hydrogen) atoms. The van der Waals surface area contributed by atoms with Gasteiger partial charge in [0, 0.05) is 35.4 Å². The molecule has 16 heteroatoms. The Morgan fingerprint density at radius 3 is 2.60 bits per heavy atom. The van der Waals surface area contributed by atoms with Crippen LogP contribution in [0.2, 0.25) is 0 Å². The summed E-state index contributed by atoms with van der Waals surface area (Å²) in [5.74, 6) is -1.39. The van der Waals surface area contributed by atoms with Gasteiger partial charge in [-0.1, -0.05) is 44.4 Å². The van der Waals surface area contributed by atoms with Gasteiger partial charge in [0.05, 0.1) is 37.6 Å². The Kier molecular flexibility index (Phi) is 11.7. The largest absolute Gasteiger partial charge is 0.496 e. The first kappa shape index (κ1) is 40.3. The fraction of sp³-hybridized carbons (Fsp3) is 0.585. The van der Waals surface area contributed by atoms with Crippen LogP contribution < -0.4 is 29.6 Å². The van der Waals surface area contributed by atoms with E-state index in [0.717, 1.165) is 24.8 Å². The Morgan fingerprint density at radius 2 is 1.91 bits per heavy atom. The molecule has 6 atom stereocenters. The Hall–Kier alpha value is -4.86. The van der Waals surface area contributed by atoms with E-state index in [0.29, 0.717) is 67.0 Å². The molecule has 4 fully saturated rings. The van der Waals surface area contributed by atoms with Crippen molar-refractivity contribution in [2.75, 3.05) is 26.9 Å². The number of rotatable bonds is 10. The van der Waals surface area contributed by atoms with Crippen LogP contribution in [0.1, 0.15) is 83.6 Å². The van der Waals surface area contributed by atoms with E-state index >= 15 is 0 Å². The lowest BCUT2D eigenvalue weighted by Gasteiger charge is -2.34. The molecule has 7 rings (SSSR count). The van der Waals surface area contributed by atoms with Crippen molar-refractivity contribution >= 4 is 50.8 Å². The number of nitrogens with zero attached hydrogens (tertiary/aromatic N) is 2. The van der Waals surface area contributed by atoms with Crippen molar-refractivity contribution in [3.8, 4) is 17.4 Å². The number of cyclic esters (lactones) is 1. The summed E-state index contributed by atoms with van der Waals surface area (Å²) in [4.78, 5) is 62.5. The first-order chi connectivity index (χ1) is 27.3. The Labute approximate surface area is 333 Å². The maximum Gasteiger partial charge on any atom is 0.407 e. The summed E-state index contributed by atoms with van der Waals surface area (Å²) in [6.07, 6.45) is 9.88. The van der Waals surface area contributed by atoms with Crippen molar-refractivity contribution in [2.24, 2.45) is 17.8 Å². The molecule has 3 heterocycles. The smallest absolute Gasteiger partial charge is 0.407 e. The van der Waals surface area contributed by atoms with E-state index < -0.39 is 68.7 Å². The van der Waals surface area contributed by atoms with E-state index in [1.165, 1.54) is 11.0 Å². The molecule has 0 unspecified atom stereocenters. The number of carbonyl (C=O) groups is 4. The minimum atomic E-state index is -3.91. The molecule has 3 N–H and O–H groups in total. The van der Waals surface area contributed by atoms with Gasteiger partial charge in [0.15, 0.2) is 0 Å². The zero-order valence-corrected chi connectivity index (χ0v) is 33.6. The molecule has 308 valence electrons. The quantitative estimate of drug-likeness (QED) is 0.289. The van der Waals surface area contributed by atoms with Crippen molar-refractivity contribution in [1.29, 1.82) is 0 Å². The molecule has 3 saturated carbocycles. The van der Waals surface area contributed by atoms with Crippen LogP contribution in [0, 0.1) is 17.8 Å². The fourth-order valence-corrected chi connectivity index (χ4v) is 9.69. The topological polar surface area (TPSA) is 192 Å². The number of benzene rings is 1. The molecule has 15 nitrogen and oxygen atoms in total. The molecule has 3 aliphatic carbocycles. The molecule has 4 amide bonds. The molecule has 0 radical (unpaired) electrons. The van der Waals surface area contributed by atoms with Crippen molar-refractivity contribution in [3.63, 3.8) is 0 Å². The highest BCUT2D eigenvalue weighted by molar-refractivity contribution is 7.91. The molecule has 1 aromatic carbocycles. The number of sulfonamides is 1. The van der Waals surface area contributed by atoms with E-state index in [-0.39, 0.29) is 37.8 Å². The predicted octanol–water partition coefficient (Wildman–Crippen LogP) is 4.39. The van der Waals surface area contributed by atoms with Crippen LogP contribution in [0.25, 0.3) is 17.0 Å². The highest BCUT2D eigenvalue weighted by Gasteiger charge is 2.62. The second kappa shape index (κ2) is 16.5. The van der Waals surface area contributed by atoms with E-state index in [1.54, 1.807) is 19.2 Å². The summed E-state index contributed by atoms with van der Waals surface area (Å²) in [6.45, 7) is 8.05. The molecule has 1 saturated heterocycles. The number of alkyl carbamates (subject to hydrolysis) is 1. The van der Waals surface area contributed by atoms with E-state index in [9.17, 15) is 27.6 Å². The summed E-state index contributed by atoms with van der Waals surface area (Å²) in [5.41, 5.74) is -0.240. The van der Waals surface area contributed by atoms with Gasteiger partial charge < -0.3 is 34.5 Å². The van der Waals surface area contributed by atoms with Crippen molar-refractivity contribution in [1.82, 2.24) is 25.2 Å². The molecule has 4 bridgehead atoms. The normalized spacial score (nSPS) is 28.3. The predicted molar refractivity (Wildman–Crippen MR) is 211 cm³/mol. The Morgan fingerprint density at radius 1 is 1.14 bits per heavy atom. The van der Waals surface area contributed by atoms with Crippen LogP contribution >= 0.6 is 0 Å². The number of hydrogen-bond acceptors (Lipinski definition) is 11. The highest BCUT2D eigenvalue weighted by atomic mass is 32.2. The van der Waals surface area contributed by atoms with Crippen molar-refractivity contribution < 1.29 is 46.5 Å². The molecule has 0 spiro atoms. The summed E-state index contributed by atoms with van der Waals surface area (Å²) < 4.78 is 51.7. The number of ether oxygens (including phenoxy) is 4. The number of nitrogens with one attached hydrogen (secondary N) is 3. The van der Waals surface area contributed by atoms with Gasteiger partial charge >= 0.3 is 6.09 Å². The second-order valence-corrected chi connectivity index (χ2v) is 18.0. The lowest BCUT2D eigenvalue weighted by atomic mass is 9.83. The molecule has 2 aliphatic heterocycles. The second-order valence-electron chi connectivity index (χ2n) is 16.0. The zero-order valence-electron chi connectivity index (χ0n) is 32.8. The fourth-order valence-electron chi connectivity index (χ4n) is 8.33. The zero-order chi connectivity index (χ0) is 40.5. The monoisotopic (exact) mass is 807 g/mol. The van der Waals surface area contributed by atoms with Crippen molar-refractivity contribution in [2.45, 2.75) is 107 Å². The third-order valence-corrected chi connectivity index (χ3v) is 13.6. The summed E-state index contributed by atoms with van der Waals surface area (Å²) in [7, 11) is -2.34. The maximum atomic E-state index is 14.9. The number of aromatic nitrogens is 1. The molecular weight excluding hydrogens is 755 g/mol. The number of fused-ring (bicyclic) bond motifs is 3. The molecule has 5 aliphatic rings. The highest BCUT2D eigenvalue weighted by Crippen LogP contribution is 2.46. The number of carbonyl (C=O) groups excluding carboxylic acids is 4. The number of amides is 4. The first-order valence-electron chi connectivity index (χ1n) is 20.1. The van der Waals surface area contributed by atoms with Crippen LogP contribution in [0.5, 0.6) is 17.4 Å². The Balaban J connectivity index is 1.27. The number of methoxy groups -OCH3 is 1. The minimum Gasteiger partial charge on any atom is -0.496 e. The number of hydrogen-bond donors (Lipinski definition) is 3. The van der Waals surface area contributed by atoms with Gasteiger partial charge in [-0.15, -0.1) is 6.58 Å². The third kappa shape index (κ3) is 8.70. The SMILES string of the molecule is C=C[C@@H]1C[C@]1(NC(=O)[C@@H]1C[C@@H]2CN1C(=O)[C@H](C1CCCCC1)NC(=O)OC[C@H](C)CC=Cc1cc3c(cc(OCC)nc3cc1OC)O2)C(=O)NS(=O)(=O)C1CC1. The van der Waals surface area contributed by atoms with E-state index in [2.05, 4.69) is 21.9 Å². The van der Waals surface area contributed by atoms with Gasteiger partial charge in [-0.2, -0.15) is 0 Å². The maximum absolute atomic E-state index is 14.9. The lowest BCUT2D eigenvalue weighted by Crippen LogP contribution is -2.59. The summed E-state index contributed by atoms with van der Waals surface area (Å²) in [6, 6.07) is 3.27. The minimum absolute atomic E-state index is 0.0231.